The van der Waals surface area contributed by atoms with Gasteiger partial charge in [-0.25, -0.2) is 4.39 Å². The molecule has 0 saturated carbocycles. The average molecular weight is 384 g/mol. The van der Waals surface area contributed by atoms with Gasteiger partial charge in [0.25, 0.3) is 0 Å². The number of piperazine rings is 1. The molecule has 1 aliphatic heterocycles. The van der Waals surface area contributed by atoms with Crippen LogP contribution in [0.15, 0.2) is 48.5 Å². The van der Waals surface area contributed by atoms with E-state index >= 15 is 0 Å². The third-order valence-electron chi connectivity index (χ3n) is 4.77. The molecule has 1 aliphatic rings. The molecule has 1 heterocycles. The zero-order valence-electron chi connectivity index (χ0n) is 16.0. The van der Waals surface area contributed by atoms with Crippen LogP contribution in [0.4, 0.5) is 15.8 Å². The molecule has 2 amide bonds. The highest BCUT2D eigenvalue weighted by atomic mass is 19.1. The Morgan fingerprint density at radius 3 is 2.32 bits per heavy atom. The summed E-state index contributed by atoms with van der Waals surface area (Å²) in [5.74, 6) is -1.24. The van der Waals surface area contributed by atoms with E-state index in [9.17, 15) is 14.0 Å². The normalized spacial score (nSPS) is 14.6. The molecule has 0 aromatic heterocycles. The van der Waals surface area contributed by atoms with Crippen LogP contribution in [0.25, 0.3) is 0 Å². The van der Waals surface area contributed by atoms with Crippen molar-refractivity contribution < 1.29 is 14.0 Å². The molecule has 0 radical (unpaired) electrons. The van der Waals surface area contributed by atoms with Crippen molar-refractivity contribution in [2.75, 3.05) is 43.4 Å². The Kier molecular flexibility index (Phi) is 6.60. The van der Waals surface area contributed by atoms with Crippen molar-refractivity contribution in [2.24, 2.45) is 0 Å². The van der Waals surface area contributed by atoms with Crippen LogP contribution in [0.1, 0.15) is 12.0 Å². The number of nitrogens with one attached hydrogen (secondary N) is 2. The van der Waals surface area contributed by atoms with Gasteiger partial charge in [-0.2, -0.15) is 0 Å². The zero-order valence-corrected chi connectivity index (χ0v) is 16.0. The fourth-order valence-electron chi connectivity index (χ4n) is 3.07. The first-order valence-corrected chi connectivity index (χ1v) is 9.35. The number of hydrogen-bond donors (Lipinski definition) is 2. The van der Waals surface area contributed by atoms with Gasteiger partial charge in [0.05, 0.1) is 0 Å². The molecule has 0 spiro atoms. The Hall–Kier alpha value is -2.93. The second-order valence-electron chi connectivity index (χ2n) is 6.93. The van der Waals surface area contributed by atoms with E-state index in [4.69, 9.17) is 0 Å². The van der Waals surface area contributed by atoms with Crippen molar-refractivity contribution in [3.63, 3.8) is 0 Å². The first-order chi connectivity index (χ1) is 13.5. The lowest BCUT2D eigenvalue weighted by atomic mass is 10.2. The molecule has 0 aliphatic carbocycles. The lowest BCUT2D eigenvalue weighted by molar-refractivity contribution is -0.126. The minimum absolute atomic E-state index is 0.0541. The molecule has 2 N–H and O–H groups in total. The average Bonchev–Trinajstić information content (AvgIpc) is 2.68. The van der Waals surface area contributed by atoms with E-state index in [2.05, 4.69) is 27.5 Å². The monoisotopic (exact) mass is 384 g/mol. The van der Waals surface area contributed by atoms with Crippen LogP contribution in [0, 0.1) is 5.82 Å². The number of carbonyl (C=O) groups excluding carboxylic acids is 2. The van der Waals surface area contributed by atoms with Crippen LogP contribution in [-0.4, -0.2) is 49.9 Å². The number of anilines is 2. The maximum absolute atomic E-state index is 13.5. The Balaban J connectivity index is 1.45. The first-order valence-electron chi connectivity index (χ1n) is 9.35. The predicted octanol–water partition coefficient (Wildman–Crippen LogP) is 2.22. The van der Waals surface area contributed by atoms with E-state index < -0.39 is 11.8 Å². The van der Waals surface area contributed by atoms with Gasteiger partial charge in [0.2, 0.25) is 11.8 Å². The maximum Gasteiger partial charge on any atom is 0.233 e. The molecule has 3 rings (SSSR count). The molecular formula is C21H25FN4O2. The van der Waals surface area contributed by atoms with Gasteiger partial charge < -0.3 is 20.4 Å². The summed E-state index contributed by atoms with van der Waals surface area (Å²) in [6.07, 6.45) is -0.311. The van der Waals surface area contributed by atoms with E-state index in [-0.39, 0.29) is 18.8 Å². The molecule has 0 atom stereocenters. The summed E-state index contributed by atoms with van der Waals surface area (Å²) in [6.45, 7) is 4.06. The van der Waals surface area contributed by atoms with Gasteiger partial charge in [-0.3, -0.25) is 9.59 Å². The number of hydrogen-bond acceptors (Lipinski definition) is 4. The molecular weight excluding hydrogens is 359 g/mol. The van der Waals surface area contributed by atoms with Crippen LogP contribution in [0.5, 0.6) is 0 Å². The van der Waals surface area contributed by atoms with E-state index in [1.807, 2.05) is 24.3 Å². The van der Waals surface area contributed by atoms with Crippen molar-refractivity contribution in [3.05, 3.63) is 59.9 Å². The summed E-state index contributed by atoms with van der Waals surface area (Å²) in [5.41, 5.74) is 2.15. The second-order valence-corrected chi connectivity index (χ2v) is 6.93. The van der Waals surface area contributed by atoms with Crippen molar-refractivity contribution in [1.82, 2.24) is 10.2 Å². The second kappa shape index (κ2) is 9.32. The van der Waals surface area contributed by atoms with Gasteiger partial charge in [0.15, 0.2) is 0 Å². The standard InChI is InChI=1S/C21H25FN4O2/c1-25-10-12-26(13-11-25)18-8-6-17(7-9-18)24-21(28)14-20(27)23-15-16-4-2-3-5-19(16)22/h2-9H,10-15H2,1H3,(H,23,27)(H,24,28). The quantitative estimate of drug-likeness (QED) is 0.750. The van der Waals surface area contributed by atoms with Gasteiger partial charge in [-0.1, -0.05) is 18.2 Å². The fourth-order valence-corrected chi connectivity index (χ4v) is 3.07. The molecule has 1 fully saturated rings. The van der Waals surface area contributed by atoms with Crippen LogP contribution >= 0.6 is 0 Å². The lowest BCUT2D eigenvalue weighted by Gasteiger charge is -2.34. The highest BCUT2D eigenvalue weighted by Gasteiger charge is 2.15. The highest BCUT2D eigenvalue weighted by molar-refractivity contribution is 6.03. The zero-order chi connectivity index (χ0) is 19.9. The third kappa shape index (κ3) is 5.53. The molecule has 28 heavy (non-hydrogen) atoms. The smallest absolute Gasteiger partial charge is 0.233 e. The number of amides is 2. The van der Waals surface area contributed by atoms with Crippen LogP contribution in [-0.2, 0) is 16.1 Å². The van der Waals surface area contributed by atoms with Crippen LogP contribution < -0.4 is 15.5 Å². The number of likely N-dealkylation sites (N-methyl/N-ethyl adjacent to an activating group) is 1. The Labute approximate surface area is 164 Å². The summed E-state index contributed by atoms with van der Waals surface area (Å²) in [5, 5.41) is 5.28. The largest absolute Gasteiger partial charge is 0.369 e. The summed E-state index contributed by atoms with van der Waals surface area (Å²) in [4.78, 5) is 28.6. The number of benzene rings is 2. The molecule has 6 nitrogen and oxygen atoms in total. The molecule has 7 heteroatoms. The van der Waals surface area contributed by atoms with E-state index in [1.54, 1.807) is 18.2 Å². The molecule has 1 saturated heterocycles. The molecule has 2 aromatic carbocycles. The Morgan fingerprint density at radius 2 is 1.64 bits per heavy atom. The highest BCUT2D eigenvalue weighted by Crippen LogP contribution is 2.19. The van der Waals surface area contributed by atoms with Crippen molar-refractivity contribution in [2.45, 2.75) is 13.0 Å². The molecule has 0 unspecified atom stereocenters. The molecule has 0 bridgehead atoms. The minimum Gasteiger partial charge on any atom is -0.369 e. The number of rotatable bonds is 6. The van der Waals surface area contributed by atoms with Crippen molar-refractivity contribution >= 4 is 23.2 Å². The molecule has 2 aromatic rings. The summed E-state index contributed by atoms with van der Waals surface area (Å²) in [6, 6.07) is 13.8. The third-order valence-corrected chi connectivity index (χ3v) is 4.77. The van der Waals surface area contributed by atoms with Crippen LogP contribution in [0.2, 0.25) is 0 Å². The van der Waals surface area contributed by atoms with Gasteiger partial charge in [0, 0.05) is 49.7 Å². The number of carbonyl (C=O) groups is 2. The van der Waals surface area contributed by atoms with Gasteiger partial charge in [-0.05, 0) is 37.4 Å². The number of nitrogens with zero attached hydrogens (tertiary/aromatic N) is 2. The summed E-state index contributed by atoms with van der Waals surface area (Å²) in [7, 11) is 2.11. The van der Waals surface area contributed by atoms with Gasteiger partial charge >= 0.3 is 0 Å². The first kappa shape index (κ1) is 19.8. The van der Waals surface area contributed by atoms with E-state index in [1.165, 1.54) is 6.07 Å². The fraction of sp³-hybridized carbons (Fsp3) is 0.333. The predicted molar refractivity (Wildman–Crippen MR) is 108 cm³/mol. The summed E-state index contributed by atoms with van der Waals surface area (Å²) < 4.78 is 13.5. The van der Waals surface area contributed by atoms with Crippen molar-refractivity contribution in [3.8, 4) is 0 Å². The Bertz CT molecular complexity index is 817. The number of halogens is 1. The van der Waals surface area contributed by atoms with E-state index in [0.29, 0.717) is 11.3 Å². The maximum atomic E-state index is 13.5. The Morgan fingerprint density at radius 1 is 0.964 bits per heavy atom. The van der Waals surface area contributed by atoms with Crippen molar-refractivity contribution in [1.29, 1.82) is 0 Å². The lowest BCUT2D eigenvalue weighted by Crippen LogP contribution is -2.44. The van der Waals surface area contributed by atoms with Gasteiger partial charge in [-0.15, -0.1) is 0 Å². The minimum atomic E-state index is -0.449. The molecule has 148 valence electrons. The van der Waals surface area contributed by atoms with E-state index in [0.717, 1.165) is 31.9 Å². The topological polar surface area (TPSA) is 64.7 Å². The van der Waals surface area contributed by atoms with Crippen LogP contribution in [0.3, 0.4) is 0 Å². The SMILES string of the molecule is CN1CCN(c2ccc(NC(=O)CC(=O)NCc3ccccc3F)cc2)CC1. The summed E-state index contributed by atoms with van der Waals surface area (Å²) >= 11 is 0. The van der Waals surface area contributed by atoms with Gasteiger partial charge in [0.1, 0.15) is 12.2 Å².